The number of benzene rings is 3. The molecule has 0 bridgehead atoms. The van der Waals surface area contributed by atoms with Crippen molar-refractivity contribution >= 4 is 49.1 Å². The number of hydrogen-bond acceptors (Lipinski definition) is 6. The molecule has 0 aliphatic heterocycles. The Labute approximate surface area is 165 Å². The lowest BCUT2D eigenvalue weighted by Crippen LogP contribution is -2.13. The van der Waals surface area contributed by atoms with E-state index in [-0.39, 0.29) is 5.91 Å². The van der Waals surface area contributed by atoms with E-state index in [1.807, 2.05) is 49.4 Å². The number of methoxy groups -OCH3 is 1. The first-order chi connectivity index (χ1) is 13.6. The van der Waals surface area contributed by atoms with E-state index in [1.54, 1.807) is 13.2 Å². The van der Waals surface area contributed by atoms with E-state index in [9.17, 15) is 4.79 Å². The molecule has 0 unspecified atom stereocenters. The minimum Gasteiger partial charge on any atom is -0.496 e. The molecule has 28 heavy (non-hydrogen) atoms. The third kappa shape index (κ3) is 3.32. The third-order valence-electron chi connectivity index (χ3n) is 4.35. The first-order valence-corrected chi connectivity index (χ1v) is 9.61. The number of hydrogen-bond donors (Lipinski definition) is 2. The molecular formula is C21H19N3O3S. The van der Waals surface area contributed by atoms with Crippen molar-refractivity contribution in [3.63, 3.8) is 0 Å². The van der Waals surface area contributed by atoms with Crippen LogP contribution in [0.25, 0.3) is 21.0 Å². The van der Waals surface area contributed by atoms with Gasteiger partial charge in [-0.25, -0.2) is 4.98 Å². The Morgan fingerprint density at radius 2 is 1.89 bits per heavy atom. The monoisotopic (exact) mass is 393 g/mol. The molecule has 4 rings (SSSR count). The smallest absolute Gasteiger partial charge is 0.259 e. The zero-order chi connectivity index (χ0) is 19.7. The van der Waals surface area contributed by atoms with Crippen molar-refractivity contribution in [1.29, 1.82) is 0 Å². The van der Waals surface area contributed by atoms with E-state index in [0.717, 1.165) is 15.5 Å². The van der Waals surface area contributed by atoms with Gasteiger partial charge >= 0.3 is 0 Å². The highest BCUT2D eigenvalue weighted by molar-refractivity contribution is 7.22. The summed E-state index contributed by atoms with van der Waals surface area (Å²) in [5, 5.41) is 5.37. The van der Waals surface area contributed by atoms with Gasteiger partial charge in [0.25, 0.3) is 5.91 Å². The minimum absolute atomic E-state index is 0.262. The number of ether oxygens (including phenoxy) is 2. The molecule has 0 saturated heterocycles. The Hall–Kier alpha value is -3.32. The number of nitrogens with one attached hydrogen (secondary N) is 1. The highest BCUT2D eigenvalue weighted by Crippen LogP contribution is 2.35. The maximum atomic E-state index is 13.0. The van der Waals surface area contributed by atoms with Gasteiger partial charge in [0.05, 0.1) is 24.0 Å². The molecule has 0 radical (unpaired) electrons. The summed E-state index contributed by atoms with van der Waals surface area (Å²) in [5.74, 6) is 0.847. The van der Waals surface area contributed by atoms with Crippen molar-refractivity contribution in [1.82, 2.24) is 4.98 Å². The van der Waals surface area contributed by atoms with Gasteiger partial charge < -0.3 is 20.5 Å². The first kappa shape index (κ1) is 18.1. The number of nitrogen functional groups attached to an aromatic ring is 1. The predicted octanol–water partition coefficient (Wildman–Crippen LogP) is 4.69. The van der Waals surface area contributed by atoms with E-state index in [1.165, 1.54) is 11.3 Å². The van der Waals surface area contributed by atoms with Gasteiger partial charge in [0.2, 0.25) is 0 Å². The number of nitrogens with two attached hydrogens (primary N) is 1. The maximum Gasteiger partial charge on any atom is 0.259 e. The topological polar surface area (TPSA) is 86.5 Å². The van der Waals surface area contributed by atoms with Gasteiger partial charge in [0.1, 0.15) is 17.0 Å². The first-order valence-electron chi connectivity index (χ1n) is 8.80. The summed E-state index contributed by atoms with van der Waals surface area (Å²) < 4.78 is 12.0. The highest BCUT2D eigenvalue weighted by atomic mass is 32.1. The summed E-state index contributed by atoms with van der Waals surface area (Å²) in [5.41, 5.74) is 7.61. The molecule has 1 amide bonds. The summed E-state index contributed by atoms with van der Waals surface area (Å²) >= 11 is 1.35. The Kier molecular flexibility index (Phi) is 4.75. The van der Waals surface area contributed by atoms with Crippen LogP contribution in [0.4, 0.5) is 10.8 Å². The number of nitrogens with zero attached hydrogens (tertiary/aromatic N) is 1. The second-order valence-electron chi connectivity index (χ2n) is 6.16. The number of rotatable bonds is 5. The molecule has 0 aliphatic carbocycles. The number of aromatic nitrogens is 1. The van der Waals surface area contributed by atoms with E-state index < -0.39 is 0 Å². The van der Waals surface area contributed by atoms with Gasteiger partial charge in [-0.3, -0.25) is 4.79 Å². The van der Waals surface area contributed by atoms with Crippen LogP contribution >= 0.6 is 11.3 Å². The lowest BCUT2D eigenvalue weighted by Gasteiger charge is -2.12. The Morgan fingerprint density at radius 1 is 1.14 bits per heavy atom. The van der Waals surface area contributed by atoms with E-state index >= 15 is 0 Å². The number of fused-ring (bicyclic) bond motifs is 2. The standard InChI is InChI=1S/C21H19N3O3S/c1-3-27-17-10-14(11-18-19(17)24-21(22)28-18)23-20(25)15-8-12-6-4-5-7-13(12)9-16(15)26-2/h4-11H,3H2,1-2H3,(H2,22,24)(H,23,25). The van der Waals surface area contributed by atoms with Crippen LogP contribution in [-0.4, -0.2) is 24.6 Å². The minimum atomic E-state index is -0.262. The third-order valence-corrected chi connectivity index (χ3v) is 5.18. The molecule has 0 atom stereocenters. The second kappa shape index (κ2) is 7.36. The van der Waals surface area contributed by atoms with Crippen molar-refractivity contribution in [2.75, 3.05) is 24.8 Å². The molecule has 4 aromatic rings. The predicted molar refractivity (Wildman–Crippen MR) is 114 cm³/mol. The van der Waals surface area contributed by atoms with E-state index in [4.69, 9.17) is 15.2 Å². The van der Waals surface area contributed by atoms with Crippen molar-refractivity contribution in [3.05, 3.63) is 54.1 Å². The van der Waals surface area contributed by atoms with Gasteiger partial charge in [-0.15, -0.1) is 0 Å². The van der Waals surface area contributed by atoms with Gasteiger partial charge in [0.15, 0.2) is 5.13 Å². The number of amides is 1. The molecule has 7 heteroatoms. The van der Waals surface area contributed by atoms with Gasteiger partial charge in [-0.1, -0.05) is 35.6 Å². The van der Waals surface area contributed by atoms with Crippen LogP contribution in [0.2, 0.25) is 0 Å². The van der Waals surface area contributed by atoms with Crippen molar-refractivity contribution in [2.24, 2.45) is 0 Å². The summed E-state index contributed by atoms with van der Waals surface area (Å²) in [6.07, 6.45) is 0. The van der Waals surface area contributed by atoms with Crippen LogP contribution in [0, 0.1) is 0 Å². The largest absolute Gasteiger partial charge is 0.496 e. The molecule has 0 saturated carbocycles. The zero-order valence-electron chi connectivity index (χ0n) is 15.5. The van der Waals surface area contributed by atoms with Crippen molar-refractivity contribution < 1.29 is 14.3 Å². The zero-order valence-corrected chi connectivity index (χ0v) is 16.3. The van der Waals surface area contributed by atoms with Gasteiger partial charge in [-0.2, -0.15) is 0 Å². The van der Waals surface area contributed by atoms with Crippen LogP contribution in [-0.2, 0) is 0 Å². The average Bonchev–Trinajstić information content (AvgIpc) is 3.07. The van der Waals surface area contributed by atoms with Crippen molar-refractivity contribution in [2.45, 2.75) is 6.92 Å². The van der Waals surface area contributed by atoms with Crippen LogP contribution < -0.4 is 20.5 Å². The van der Waals surface area contributed by atoms with E-state index in [0.29, 0.717) is 40.0 Å². The quantitative estimate of drug-likeness (QED) is 0.514. The molecule has 1 heterocycles. The number of carbonyl (C=O) groups is 1. The molecule has 3 N–H and O–H groups in total. The van der Waals surface area contributed by atoms with Gasteiger partial charge in [0, 0.05) is 11.8 Å². The van der Waals surface area contributed by atoms with Crippen LogP contribution in [0.5, 0.6) is 11.5 Å². The molecule has 0 spiro atoms. The Balaban J connectivity index is 1.73. The van der Waals surface area contributed by atoms with Crippen molar-refractivity contribution in [3.8, 4) is 11.5 Å². The molecule has 3 aromatic carbocycles. The van der Waals surface area contributed by atoms with Crippen LogP contribution in [0.1, 0.15) is 17.3 Å². The second-order valence-corrected chi connectivity index (χ2v) is 7.22. The van der Waals surface area contributed by atoms with Crippen LogP contribution in [0.3, 0.4) is 0 Å². The fraction of sp³-hybridized carbons (Fsp3) is 0.143. The molecule has 1 aromatic heterocycles. The normalized spacial score (nSPS) is 10.9. The Morgan fingerprint density at radius 3 is 2.61 bits per heavy atom. The average molecular weight is 393 g/mol. The summed E-state index contributed by atoms with van der Waals surface area (Å²) in [6.45, 7) is 2.38. The van der Waals surface area contributed by atoms with E-state index in [2.05, 4.69) is 10.3 Å². The summed E-state index contributed by atoms with van der Waals surface area (Å²) in [4.78, 5) is 17.3. The molecular weight excluding hydrogens is 374 g/mol. The molecule has 0 fully saturated rings. The lowest BCUT2D eigenvalue weighted by atomic mass is 10.1. The molecule has 0 aliphatic rings. The Bertz CT molecular complexity index is 1190. The summed E-state index contributed by atoms with van der Waals surface area (Å²) in [7, 11) is 1.56. The molecule has 6 nitrogen and oxygen atoms in total. The number of thiazole rings is 1. The fourth-order valence-corrected chi connectivity index (χ4v) is 3.91. The SMILES string of the molecule is CCOc1cc(NC(=O)c2cc3ccccc3cc2OC)cc2sc(N)nc12. The van der Waals surface area contributed by atoms with Gasteiger partial charge in [-0.05, 0) is 35.9 Å². The molecule has 142 valence electrons. The fourth-order valence-electron chi connectivity index (χ4n) is 3.12. The summed E-state index contributed by atoms with van der Waals surface area (Å²) in [6, 6.07) is 15.1. The number of carbonyl (C=O) groups excluding carboxylic acids is 1. The lowest BCUT2D eigenvalue weighted by molar-refractivity contribution is 0.102. The maximum absolute atomic E-state index is 13.0. The van der Waals surface area contributed by atoms with Crippen LogP contribution in [0.15, 0.2) is 48.5 Å². The highest BCUT2D eigenvalue weighted by Gasteiger charge is 2.16. The number of anilines is 2.